The molecule has 5 nitrogen and oxygen atoms in total. The minimum Gasteiger partial charge on any atom is -0.545 e. The Bertz CT molecular complexity index is 738. The second-order valence-corrected chi connectivity index (χ2v) is 4.68. The fourth-order valence-electron chi connectivity index (χ4n) is 1.72. The van der Waals surface area contributed by atoms with Gasteiger partial charge in [0.25, 0.3) is 0 Å². The van der Waals surface area contributed by atoms with Gasteiger partial charge in [-0.05, 0) is 30.3 Å². The molecular formula is C15H10ClF2N2O3-. The lowest BCUT2D eigenvalue weighted by atomic mass is 10.2. The predicted molar refractivity (Wildman–Crippen MR) is 80.1 cm³/mol. The fourth-order valence-corrected chi connectivity index (χ4v) is 1.91. The number of ether oxygens (including phenoxy) is 1. The summed E-state index contributed by atoms with van der Waals surface area (Å²) in [6.07, 6.45) is 1.27. The molecule has 0 saturated carbocycles. The number of carbonyl (C=O) groups excluding carboxylic acids is 1. The van der Waals surface area contributed by atoms with E-state index < -0.39 is 12.6 Å². The zero-order chi connectivity index (χ0) is 16.8. The summed E-state index contributed by atoms with van der Waals surface area (Å²) < 4.78 is 28.9. The lowest BCUT2D eigenvalue weighted by molar-refractivity contribution is -0.255. The van der Waals surface area contributed by atoms with Gasteiger partial charge in [0.05, 0.1) is 17.9 Å². The number of benzene rings is 2. The highest BCUT2D eigenvalue weighted by atomic mass is 35.5. The molecule has 0 aliphatic rings. The van der Waals surface area contributed by atoms with Crippen molar-refractivity contribution in [2.45, 2.75) is 6.61 Å². The zero-order valence-electron chi connectivity index (χ0n) is 11.5. The van der Waals surface area contributed by atoms with Crippen molar-refractivity contribution in [2.24, 2.45) is 5.10 Å². The zero-order valence-corrected chi connectivity index (χ0v) is 12.3. The summed E-state index contributed by atoms with van der Waals surface area (Å²) in [6, 6.07) is 10.2. The lowest BCUT2D eigenvalue weighted by Gasteiger charge is -2.08. The molecule has 2 rings (SSSR count). The first-order valence-corrected chi connectivity index (χ1v) is 6.69. The normalized spacial score (nSPS) is 11.0. The number of halogens is 3. The van der Waals surface area contributed by atoms with E-state index in [9.17, 15) is 18.7 Å². The number of hydrazone groups is 1. The summed E-state index contributed by atoms with van der Waals surface area (Å²) in [4.78, 5) is 10.9. The molecule has 0 spiro atoms. The number of nitrogens with one attached hydrogen (secondary N) is 1. The molecule has 0 aliphatic carbocycles. The first-order chi connectivity index (χ1) is 11.0. The van der Waals surface area contributed by atoms with Gasteiger partial charge in [-0.1, -0.05) is 23.7 Å². The summed E-state index contributed by atoms with van der Waals surface area (Å²) >= 11 is 5.72. The second kappa shape index (κ2) is 7.55. The maximum Gasteiger partial charge on any atom is 0.387 e. The highest BCUT2D eigenvalue weighted by Gasteiger charge is 2.07. The molecular weight excluding hydrogens is 330 g/mol. The first-order valence-electron chi connectivity index (χ1n) is 6.31. The van der Waals surface area contributed by atoms with E-state index in [1.54, 1.807) is 12.1 Å². The van der Waals surface area contributed by atoms with Crippen molar-refractivity contribution in [3.8, 4) is 5.75 Å². The Morgan fingerprint density at radius 1 is 1.30 bits per heavy atom. The van der Waals surface area contributed by atoms with Gasteiger partial charge >= 0.3 is 6.61 Å². The topological polar surface area (TPSA) is 73.8 Å². The molecule has 1 N–H and O–H groups in total. The molecule has 120 valence electrons. The third-order valence-corrected chi connectivity index (χ3v) is 3.05. The van der Waals surface area contributed by atoms with Gasteiger partial charge in [-0.3, -0.25) is 5.43 Å². The maximum absolute atomic E-state index is 12.3. The number of carbonyl (C=O) groups is 1. The van der Waals surface area contributed by atoms with Crippen molar-refractivity contribution in [1.29, 1.82) is 0 Å². The number of para-hydroxylation sites is 1. The van der Waals surface area contributed by atoms with E-state index in [0.717, 1.165) is 0 Å². The fraction of sp³-hybridized carbons (Fsp3) is 0.0667. The number of alkyl halides is 2. The molecule has 0 atom stereocenters. The van der Waals surface area contributed by atoms with Crippen LogP contribution >= 0.6 is 11.6 Å². The Kier molecular flexibility index (Phi) is 5.48. The molecule has 23 heavy (non-hydrogen) atoms. The average Bonchev–Trinajstić information content (AvgIpc) is 2.50. The molecule has 8 heteroatoms. The largest absolute Gasteiger partial charge is 0.545 e. The Morgan fingerprint density at radius 3 is 2.74 bits per heavy atom. The number of nitrogens with zero attached hydrogens (tertiary/aromatic N) is 1. The Hall–Kier alpha value is -2.67. The number of aromatic carboxylic acids is 1. The number of rotatable bonds is 6. The van der Waals surface area contributed by atoms with E-state index in [0.29, 0.717) is 11.3 Å². The van der Waals surface area contributed by atoms with Crippen LogP contribution in [0.5, 0.6) is 5.75 Å². The molecule has 0 aromatic heterocycles. The van der Waals surface area contributed by atoms with Crippen molar-refractivity contribution < 1.29 is 23.4 Å². The molecule has 0 radical (unpaired) electrons. The van der Waals surface area contributed by atoms with Crippen LogP contribution in [0.4, 0.5) is 14.5 Å². The molecule has 0 fully saturated rings. The van der Waals surface area contributed by atoms with Crippen molar-refractivity contribution in [1.82, 2.24) is 0 Å². The van der Waals surface area contributed by atoms with E-state index in [-0.39, 0.29) is 16.3 Å². The second-order valence-electron chi connectivity index (χ2n) is 4.27. The van der Waals surface area contributed by atoms with Crippen molar-refractivity contribution in [3.05, 3.63) is 58.6 Å². The number of carboxylic acid groups (broad SMARTS) is 1. The monoisotopic (exact) mass is 339 g/mol. The summed E-state index contributed by atoms with van der Waals surface area (Å²) in [5.74, 6) is -1.45. The summed E-state index contributed by atoms with van der Waals surface area (Å²) in [7, 11) is 0. The SMILES string of the molecule is O=C([O-])c1cc(N/N=C\c2ccccc2OC(F)F)ccc1Cl. The van der Waals surface area contributed by atoms with Gasteiger partial charge < -0.3 is 14.6 Å². The smallest absolute Gasteiger partial charge is 0.387 e. The molecule has 2 aromatic rings. The predicted octanol–water partition coefficient (Wildman–Crippen LogP) is 2.75. The Morgan fingerprint density at radius 2 is 2.04 bits per heavy atom. The number of hydrogen-bond acceptors (Lipinski definition) is 5. The third-order valence-electron chi connectivity index (χ3n) is 2.72. The van der Waals surface area contributed by atoms with Crippen LogP contribution in [0.1, 0.15) is 15.9 Å². The van der Waals surface area contributed by atoms with E-state index in [1.807, 2.05) is 0 Å². The summed E-state index contributed by atoms with van der Waals surface area (Å²) in [6.45, 7) is -2.95. The molecule has 0 unspecified atom stereocenters. The van der Waals surface area contributed by atoms with Crippen LogP contribution in [0, 0.1) is 0 Å². The number of carboxylic acids is 1. The van der Waals surface area contributed by atoms with Gasteiger partial charge in [0, 0.05) is 16.1 Å². The summed E-state index contributed by atoms with van der Waals surface area (Å²) in [5, 5.41) is 14.8. The van der Waals surface area contributed by atoms with Crippen molar-refractivity contribution in [3.63, 3.8) is 0 Å². The first kappa shape index (κ1) is 16.7. The van der Waals surface area contributed by atoms with Crippen LogP contribution in [0.2, 0.25) is 5.02 Å². The van der Waals surface area contributed by atoms with Crippen molar-refractivity contribution >= 4 is 29.5 Å². The van der Waals surface area contributed by atoms with E-state index in [1.165, 1.54) is 36.5 Å². The quantitative estimate of drug-likeness (QED) is 0.648. The van der Waals surface area contributed by atoms with E-state index in [2.05, 4.69) is 15.3 Å². The van der Waals surface area contributed by atoms with Crippen LogP contribution in [-0.2, 0) is 0 Å². The average molecular weight is 340 g/mol. The molecule has 0 saturated heterocycles. The van der Waals surface area contributed by atoms with E-state index in [4.69, 9.17) is 11.6 Å². The van der Waals surface area contributed by atoms with Crippen LogP contribution in [0.15, 0.2) is 47.6 Å². The molecule has 0 amide bonds. The minimum absolute atomic E-state index is 0.0282. The van der Waals surface area contributed by atoms with Crippen molar-refractivity contribution in [2.75, 3.05) is 5.43 Å². The van der Waals surface area contributed by atoms with Crippen LogP contribution in [0.3, 0.4) is 0 Å². The van der Waals surface area contributed by atoms with E-state index >= 15 is 0 Å². The highest BCUT2D eigenvalue weighted by Crippen LogP contribution is 2.21. The van der Waals surface area contributed by atoms with Crippen LogP contribution < -0.4 is 15.3 Å². The molecule has 2 aromatic carbocycles. The van der Waals surface area contributed by atoms with Crippen LogP contribution in [0.25, 0.3) is 0 Å². The molecule has 0 heterocycles. The van der Waals surface area contributed by atoms with Gasteiger partial charge in [-0.2, -0.15) is 13.9 Å². The molecule has 0 bridgehead atoms. The minimum atomic E-state index is -2.95. The van der Waals surface area contributed by atoms with Gasteiger partial charge in [0.2, 0.25) is 0 Å². The number of hydrogen-bond donors (Lipinski definition) is 1. The number of anilines is 1. The Balaban J connectivity index is 2.14. The van der Waals surface area contributed by atoms with Gasteiger partial charge in [0.15, 0.2) is 0 Å². The van der Waals surface area contributed by atoms with Gasteiger partial charge in [0.1, 0.15) is 5.75 Å². The van der Waals surface area contributed by atoms with Gasteiger partial charge in [-0.15, -0.1) is 0 Å². The molecule has 0 aliphatic heterocycles. The lowest BCUT2D eigenvalue weighted by Crippen LogP contribution is -2.22. The summed E-state index contributed by atoms with van der Waals surface area (Å²) in [5.41, 5.74) is 3.06. The standard InChI is InChI=1S/C15H11ClF2N2O3/c16-12-6-5-10(7-11(12)14(21)22)20-19-8-9-3-1-2-4-13(9)23-15(17)18/h1-8,15,20H,(H,21,22)/p-1/b19-8-. The van der Waals surface area contributed by atoms with Gasteiger partial charge in [-0.25, -0.2) is 0 Å². The Labute approximate surface area is 135 Å². The maximum atomic E-state index is 12.3. The highest BCUT2D eigenvalue weighted by molar-refractivity contribution is 6.33. The third kappa shape index (κ3) is 4.65. The van der Waals surface area contributed by atoms with Crippen LogP contribution in [-0.4, -0.2) is 18.8 Å².